The van der Waals surface area contributed by atoms with Gasteiger partial charge in [-0.1, -0.05) is 11.8 Å². The summed E-state index contributed by atoms with van der Waals surface area (Å²) in [5, 5.41) is 3.53. The maximum atomic E-state index is 14.0. The minimum Gasteiger partial charge on any atom is -0.368 e. The van der Waals surface area contributed by atoms with Crippen molar-refractivity contribution >= 4 is 17.7 Å². The highest BCUT2D eigenvalue weighted by Gasteiger charge is 2.31. The van der Waals surface area contributed by atoms with Gasteiger partial charge in [0, 0.05) is 11.8 Å². The Balaban J connectivity index is 2.56. The van der Waals surface area contributed by atoms with Crippen molar-refractivity contribution in [1.29, 1.82) is 0 Å². The Morgan fingerprint density at radius 3 is 2.57 bits per heavy atom. The first-order valence-corrected chi connectivity index (χ1v) is 6.82. The first-order valence-electron chi connectivity index (χ1n) is 5.84. The molecular formula is C12H12F4N4S. The third-order valence-electron chi connectivity index (χ3n) is 2.71. The number of nitrogen functional groups attached to an aromatic ring is 1. The van der Waals surface area contributed by atoms with E-state index in [-0.39, 0.29) is 11.6 Å². The van der Waals surface area contributed by atoms with E-state index in [9.17, 15) is 17.6 Å². The molecule has 0 bridgehead atoms. The zero-order valence-electron chi connectivity index (χ0n) is 11.2. The number of hydrogen-bond donors (Lipinski definition) is 1. The van der Waals surface area contributed by atoms with Crippen LogP contribution in [0.5, 0.6) is 0 Å². The lowest BCUT2D eigenvalue weighted by atomic mass is 10.2. The lowest BCUT2D eigenvalue weighted by Crippen LogP contribution is -2.11. The molecule has 0 aliphatic rings. The predicted octanol–water partition coefficient (Wildman–Crippen LogP) is 3.43. The Kier molecular flexibility index (Phi) is 4.13. The van der Waals surface area contributed by atoms with Gasteiger partial charge in [0.1, 0.15) is 17.5 Å². The van der Waals surface area contributed by atoms with Crippen molar-refractivity contribution in [3.63, 3.8) is 0 Å². The quantitative estimate of drug-likeness (QED) is 0.693. The van der Waals surface area contributed by atoms with Gasteiger partial charge in [0.15, 0.2) is 0 Å². The van der Waals surface area contributed by atoms with Crippen molar-refractivity contribution in [1.82, 2.24) is 14.8 Å². The lowest BCUT2D eigenvalue weighted by molar-refractivity contribution is 0.00785. The summed E-state index contributed by atoms with van der Waals surface area (Å²) in [6.45, 7) is 2.23. The van der Waals surface area contributed by atoms with E-state index in [0.29, 0.717) is 17.4 Å². The van der Waals surface area contributed by atoms with Crippen molar-refractivity contribution in [2.45, 2.75) is 24.7 Å². The monoisotopic (exact) mass is 320 g/mol. The average molecular weight is 320 g/mol. The number of hydrogen-bond acceptors (Lipinski definition) is 4. The summed E-state index contributed by atoms with van der Waals surface area (Å²) in [5.41, 5.74) is 5.88. The highest BCUT2D eigenvalue weighted by molar-refractivity contribution is 7.99. The molecule has 2 rings (SSSR count). The van der Waals surface area contributed by atoms with Crippen LogP contribution in [0.15, 0.2) is 17.0 Å². The van der Waals surface area contributed by atoms with Gasteiger partial charge in [-0.3, -0.25) is 0 Å². The minimum absolute atomic E-state index is 0.156. The number of alkyl halides is 3. The fourth-order valence-corrected chi connectivity index (χ4v) is 2.31. The molecule has 1 aromatic heterocycles. The van der Waals surface area contributed by atoms with Crippen LogP contribution in [0.4, 0.5) is 23.5 Å². The van der Waals surface area contributed by atoms with Crippen LogP contribution in [0.3, 0.4) is 0 Å². The number of nitrogens with two attached hydrogens (primary N) is 1. The number of halogens is 4. The molecule has 1 aromatic carbocycles. The fraction of sp³-hybridized carbons (Fsp3) is 0.333. The maximum Gasteiger partial charge on any atom is 0.305 e. The van der Waals surface area contributed by atoms with Crippen LogP contribution in [0.1, 0.15) is 18.3 Å². The van der Waals surface area contributed by atoms with Crippen LogP contribution in [-0.2, 0) is 5.92 Å². The highest BCUT2D eigenvalue weighted by atomic mass is 32.2. The Morgan fingerprint density at radius 2 is 2.05 bits per heavy atom. The Hall–Kier alpha value is -1.77. The second kappa shape index (κ2) is 5.55. The van der Waals surface area contributed by atoms with Crippen LogP contribution in [0, 0.1) is 12.7 Å². The summed E-state index contributed by atoms with van der Waals surface area (Å²) in [6.07, 6.45) is 0. The van der Waals surface area contributed by atoms with Crippen molar-refractivity contribution in [3.05, 3.63) is 29.3 Å². The molecule has 0 radical (unpaired) electrons. The zero-order valence-corrected chi connectivity index (χ0v) is 12.0. The standard InChI is InChI=1S/C12H12F4N4S/c1-6-3-7(14)8(4-9(6)21-5-13)20-11(17)18-10(19-20)12(2,15)16/h3-4H,5H2,1-2H3,(H2,17,18,19). The van der Waals surface area contributed by atoms with Crippen molar-refractivity contribution in [2.75, 3.05) is 11.7 Å². The molecule has 114 valence electrons. The molecule has 0 aliphatic carbocycles. The van der Waals surface area contributed by atoms with E-state index < -0.39 is 23.6 Å². The van der Waals surface area contributed by atoms with Crippen LogP contribution in [0.25, 0.3) is 5.69 Å². The van der Waals surface area contributed by atoms with E-state index in [2.05, 4.69) is 10.1 Å². The minimum atomic E-state index is -3.29. The van der Waals surface area contributed by atoms with Gasteiger partial charge in [-0.2, -0.15) is 18.4 Å². The summed E-state index contributed by atoms with van der Waals surface area (Å²) in [7, 11) is 0. The topological polar surface area (TPSA) is 56.7 Å². The molecule has 0 fully saturated rings. The lowest BCUT2D eigenvalue weighted by Gasteiger charge is -2.09. The van der Waals surface area contributed by atoms with E-state index in [1.54, 1.807) is 6.92 Å². The number of rotatable bonds is 4. The normalized spacial score (nSPS) is 11.9. The van der Waals surface area contributed by atoms with E-state index >= 15 is 0 Å². The van der Waals surface area contributed by atoms with Crippen LogP contribution < -0.4 is 5.73 Å². The molecule has 0 aliphatic heterocycles. The van der Waals surface area contributed by atoms with Gasteiger partial charge in [0.25, 0.3) is 0 Å². The molecule has 0 amide bonds. The molecular weight excluding hydrogens is 308 g/mol. The number of nitrogens with zero attached hydrogens (tertiary/aromatic N) is 3. The van der Waals surface area contributed by atoms with Gasteiger partial charge in [0.2, 0.25) is 11.8 Å². The summed E-state index contributed by atoms with van der Waals surface area (Å²) < 4.78 is 53.6. The number of aromatic nitrogens is 3. The molecule has 0 saturated carbocycles. The zero-order chi connectivity index (χ0) is 15.8. The molecule has 0 spiro atoms. The summed E-state index contributed by atoms with van der Waals surface area (Å²) in [6, 6.07) is 1.77. The highest BCUT2D eigenvalue weighted by Crippen LogP contribution is 2.30. The second-order valence-electron chi connectivity index (χ2n) is 4.42. The molecule has 2 aromatic rings. The van der Waals surface area contributed by atoms with Crippen LogP contribution in [0.2, 0.25) is 0 Å². The van der Waals surface area contributed by atoms with Gasteiger partial charge < -0.3 is 5.73 Å². The van der Waals surface area contributed by atoms with Crippen molar-refractivity contribution in [3.8, 4) is 5.69 Å². The first kappa shape index (κ1) is 15.6. The van der Waals surface area contributed by atoms with E-state index in [1.807, 2.05) is 0 Å². The first-order chi connectivity index (χ1) is 9.74. The number of thioether (sulfide) groups is 1. The van der Waals surface area contributed by atoms with Gasteiger partial charge in [-0.05, 0) is 24.6 Å². The molecule has 21 heavy (non-hydrogen) atoms. The Morgan fingerprint density at radius 1 is 1.38 bits per heavy atom. The molecule has 9 heteroatoms. The number of benzene rings is 1. The third-order valence-corrected chi connectivity index (χ3v) is 3.57. The second-order valence-corrected chi connectivity index (χ2v) is 5.36. The average Bonchev–Trinajstić information content (AvgIpc) is 2.75. The van der Waals surface area contributed by atoms with Gasteiger partial charge in [-0.25, -0.2) is 8.78 Å². The van der Waals surface area contributed by atoms with Crippen molar-refractivity contribution in [2.24, 2.45) is 0 Å². The fourth-order valence-electron chi connectivity index (χ4n) is 1.71. The molecule has 4 nitrogen and oxygen atoms in total. The van der Waals surface area contributed by atoms with Crippen molar-refractivity contribution < 1.29 is 17.6 Å². The summed E-state index contributed by atoms with van der Waals surface area (Å²) in [4.78, 5) is 3.90. The van der Waals surface area contributed by atoms with Gasteiger partial charge in [-0.15, -0.1) is 5.10 Å². The largest absolute Gasteiger partial charge is 0.368 e. The number of aryl methyl sites for hydroxylation is 1. The van der Waals surface area contributed by atoms with E-state index in [4.69, 9.17) is 5.73 Å². The smallest absolute Gasteiger partial charge is 0.305 e. The van der Waals surface area contributed by atoms with Gasteiger partial charge in [0.05, 0.1) is 0 Å². The van der Waals surface area contributed by atoms with Crippen LogP contribution in [-0.4, -0.2) is 20.8 Å². The molecule has 2 N–H and O–H groups in total. The molecule has 0 atom stereocenters. The molecule has 1 heterocycles. The molecule has 0 unspecified atom stereocenters. The SMILES string of the molecule is Cc1cc(F)c(-n2nc(C(C)(F)F)nc2N)cc1SCF. The Bertz CT molecular complexity index is 666. The Labute approximate surface area is 122 Å². The predicted molar refractivity (Wildman–Crippen MR) is 71.9 cm³/mol. The third kappa shape index (κ3) is 3.12. The maximum absolute atomic E-state index is 14.0. The van der Waals surface area contributed by atoms with E-state index in [0.717, 1.165) is 22.5 Å². The molecule has 0 saturated heterocycles. The summed E-state index contributed by atoms with van der Waals surface area (Å²) >= 11 is 0.854. The van der Waals surface area contributed by atoms with E-state index in [1.165, 1.54) is 6.07 Å². The van der Waals surface area contributed by atoms with Gasteiger partial charge >= 0.3 is 5.92 Å². The van der Waals surface area contributed by atoms with Crippen LogP contribution >= 0.6 is 11.8 Å². The summed E-state index contributed by atoms with van der Waals surface area (Å²) in [5.74, 6) is -5.18. The number of anilines is 1.